The van der Waals surface area contributed by atoms with Crippen molar-refractivity contribution < 1.29 is 4.74 Å². The predicted molar refractivity (Wildman–Crippen MR) is 141 cm³/mol. The van der Waals surface area contributed by atoms with Crippen LogP contribution in [0, 0.1) is 11.3 Å². The highest BCUT2D eigenvalue weighted by Crippen LogP contribution is 2.41. The number of ether oxygens (including phenoxy) is 1. The Hall–Kier alpha value is -2.48. The number of aromatic nitrogens is 4. The second-order valence-electron chi connectivity index (χ2n) is 12.4. The first kappa shape index (κ1) is 24.2. The Labute approximate surface area is 209 Å². The van der Waals surface area contributed by atoms with E-state index in [0.717, 1.165) is 53.1 Å². The maximum absolute atomic E-state index is 5.74. The van der Waals surface area contributed by atoms with Crippen molar-refractivity contribution in [1.29, 1.82) is 0 Å². The van der Waals surface area contributed by atoms with Gasteiger partial charge in [0.1, 0.15) is 0 Å². The summed E-state index contributed by atoms with van der Waals surface area (Å²) < 4.78 is 7.97. The summed E-state index contributed by atoms with van der Waals surface area (Å²) in [5.41, 5.74) is 3.58. The van der Waals surface area contributed by atoms with Crippen molar-refractivity contribution >= 4 is 28.9 Å². The highest BCUT2D eigenvalue weighted by Gasteiger charge is 2.38. The molecule has 5 rings (SSSR count). The van der Waals surface area contributed by atoms with Gasteiger partial charge in [0.2, 0.25) is 0 Å². The molecule has 1 saturated heterocycles. The summed E-state index contributed by atoms with van der Waals surface area (Å²) in [5, 5.41) is 0. The minimum absolute atomic E-state index is 0.0361. The lowest BCUT2D eigenvalue weighted by atomic mass is 9.84. The molecule has 2 atom stereocenters. The zero-order chi connectivity index (χ0) is 25.1. The summed E-state index contributed by atoms with van der Waals surface area (Å²) in [6.45, 7) is 20.7. The number of aliphatic imine (C=N–C) groups is 1. The maximum Gasteiger partial charge on any atom is 0.173 e. The third-order valence-corrected chi connectivity index (χ3v) is 7.24. The molecule has 1 aliphatic carbocycles. The Kier molecular flexibility index (Phi) is 5.93. The van der Waals surface area contributed by atoms with Crippen LogP contribution >= 0.6 is 0 Å². The summed E-state index contributed by atoms with van der Waals surface area (Å²) in [6.07, 6.45) is 7.85. The third-order valence-electron chi connectivity index (χ3n) is 7.24. The van der Waals surface area contributed by atoms with Gasteiger partial charge in [0.15, 0.2) is 29.1 Å². The van der Waals surface area contributed by atoms with E-state index in [4.69, 9.17) is 24.7 Å². The first-order chi connectivity index (χ1) is 16.4. The van der Waals surface area contributed by atoms with Crippen LogP contribution in [0.25, 0.3) is 16.7 Å². The molecule has 2 fully saturated rings. The Balaban J connectivity index is 1.73. The Morgan fingerprint density at radius 3 is 2.46 bits per heavy atom. The number of morpholine rings is 1. The molecule has 1 radical (unpaired) electrons. The molecule has 8 heteroatoms. The topological polar surface area (TPSA) is 71.7 Å². The van der Waals surface area contributed by atoms with Crippen LogP contribution in [0.15, 0.2) is 17.0 Å². The summed E-state index contributed by atoms with van der Waals surface area (Å²) >= 11 is 0. The van der Waals surface area contributed by atoms with E-state index in [2.05, 4.69) is 76.1 Å². The molecule has 0 spiro atoms. The van der Waals surface area contributed by atoms with Gasteiger partial charge in [-0.25, -0.2) is 19.9 Å². The number of fused-ring (bicyclic) bond motifs is 1. The van der Waals surface area contributed by atoms with E-state index in [9.17, 15) is 0 Å². The van der Waals surface area contributed by atoms with Gasteiger partial charge in [-0.3, -0.25) is 0 Å². The SMILES string of the molecule is CC1C(c2nc(N3CCOC[C@@H]3C)c3ncn(CC4CC4)c3n2)=C(C(C)(C)C)N=[C]N1C(C)(C)C. The summed E-state index contributed by atoms with van der Waals surface area (Å²) in [7, 11) is 0. The van der Waals surface area contributed by atoms with Gasteiger partial charge in [-0.05, 0) is 53.4 Å². The molecule has 189 valence electrons. The molecular formula is C27H40N7O. The number of allylic oxidation sites excluding steroid dienone is 1. The Bertz CT molecular complexity index is 1160. The van der Waals surface area contributed by atoms with Gasteiger partial charge in [0.05, 0.1) is 37.3 Å². The van der Waals surface area contributed by atoms with Crippen molar-refractivity contribution in [3.8, 4) is 0 Å². The summed E-state index contributed by atoms with van der Waals surface area (Å²) in [5.74, 6) is 2.38. The van der Waals surface area contributed by atoms with Crippen molar-refractivity contribution in [1.82, 2.24) is 24.4 Å². The van der Waals surface area contributed by atoms with Crippen LogP contribution in [0.3, 0.4) is 0 Å². The highest BCUT2D eigenvalue weighted by atomic mass is 16.5. The average molecular weight is 479 g/mol. The standard InChI is InChI=1S/C27H40N7O/c1-17-14-35-12-11-33(17)25-21-24(32(15-28-21)13-19-9-10-19)30-23(31-25)20-18(2)34(27(6,7)8)16-29-22(20)26(3,4)5/h15,17-19H,9-14H2,1-8H3/t17-,18?/m0/s1. The van der Waals surface area contributed by atoms with Crippen molar-refractivity contribution in [3.63, 3.8) is 0 Å². The van der Waals surface area contributed by atoms with Gasteiger partial charge in [0, 0.05) is 29.6 Å². The van der Waals surface area contributed by atoms with E-state index in [1.54, 1.807) is 0 Å². The van der Waals surface area contributed by atoms with E-state index in [1.807, 2.05) is 6.33 Å². The predicted octanol–water partition coefficient (Wildman–Crippen LogP) is 4.63. The summed E-state index contributed by atoms with van der Waals surface area (Å²) in [6, 6.07) is 0.259. The molecule has 0 bridgehead atoms. The normalized spacial score (nSPS) is 24.1. The molecule has 8 nitrogen and oxygen atoms in total. The molecule has 2 aromatic heterocycles. The quantitative estimate of drug-likeness (QED) is 0.638. The third kappa shape index (κ3) is 4.57. The minimum atomic E-state index is -0.167. The molecule has 1 unspecified atom stereocenters. The number of anilines is 1. The zero-order valence-electron chi connectivity index (χ0n) is 22.6. The number of nitrogens with zero attached hydrogens (tertiary/aromatic N) is 7. The summed E-state index contributed by atoms with van der Waals surface area (Å²) in [4.78, 5) is 24.7. The molecule has 4 heterocycles. The van der Waals surface area contributed by atoms with E-state index < -0.39 is 0 Å². The van der Waals surface area contributed by atoms with E-state index >= 15 is 0 Å². The fraction of sp³-hybridized carbons (Fsp3) is 0.704. The molecular weight excluding hydrogens is 438 g/mol. The van der Waals surface area contributed by atoms with Crippen molar-refractivity contribution in [2.75, 3.05) is 24.7 Å². The van der Waals surface area contributed by atoms with Gasteiger partial charge in [-0.2, -0.15) is 0 Å². The molecule has 3 aliphatic rings. The number of hydrogen-bond donors (Lipinski definition) is 0. The van der Waals surface area contributed by atoms with Crippen LogP contribution in [0.4, 0.5) is 5.82 Å². The van der Waals surface area contributed by atoms with Crippen LogP contribution in [-0.4, -0.2) is 68.1 Å². The lowest BCUT2D eigenvalue weighted by Crippen LogP contribution is -2.49. The van der Waals surface area contributed by atoms with Gasteiger partial charge >= 0.3 is 0 Å². The Morgan fingerprint density at radius 2 is 1.83 bits per heavy atom. The lowest BCUT2D eigenvalue weighted by molar-refractivity contribution is 0.0986. The van der Waals surface area contributed by atoms with Crippen LogP contribution in [0.2, 0.25) is 0 Å². The monoisotopic (exact) mass is 478 g/mol. The fourth-order valence-electron chi connectivity index (χ4n) is 5.18. The first-order valence-corrected chi connectivity index (χ1v) is 13.0. The van der Waals surface area contributed by atoms with Gasteiger partial charge in [-0.15, -0.1) is 0 Å². The number of imidazole rings is 1. The number of hydrogen-bond acceptors (Lipinski definition) is 7. The maximum atomic E-state index is 5.74. The fourth-order valence-corrected chi connectivity index (χ4v) is 5.18. The average Bonchev–Trinajstić information content (AvgIpc) is 3.50. The second-order valence-corrected chi connectivity index (χ2v) is 12.4. The molecule has 2 aliphatic heterocycles. The van der Waals surface area contributed by atoms with Crippen LogP contribution in [-0.2, 0) is 11.3 Å². The van der Waals surface area contributed by atoms with Crippen molar-refractivity contribution in [2.45, 2.75) is 92.4 Å². The molecule has 35 heavy (non-hydrogen) atoms. The molecule has 0 amide bonds. The molecule has 0 N–H and O–H groups in total. The zero-order valence-corrected chi connectivity index (χ0v) is 22.6. The highest BCUT2D eigenvalue weighted by molar-refractivity contribution is 5.87. The minimum Gasteiger partial charge on any atom is -0.377 e. The Morgan fingerprint density at radius 1 is 1.09 bits per heavy atom. The smallest absolute Gasteiger partial charge is 0.173 e. The first-order valence-electron chi connectivity index (χ1n) is 13.0. The van der Waals surface area contributed by atoms with Gasteiger partial charge in [-0.1, -0.05) is 20.8 Å². The largest absolute Gasteiger partial charge is 0.377 e. The van der Waals surface area contributed by atoms with Crippen molar-refractivity contribution in [2.24, 2.45) is 16.3 Å². The van der Waals surface area contributed by atoms with Gasteiger partial charge in [0.25, 0.3) is 0 Å². The lowest BCUT2D eigenvalue weighted by Gasteiger charge is -2.43. The van der Waals surface area contributed by atoms with E-state index in [0.29, 0.717) is 13.2 Å². The molecule has 2 aromatic rings. The second kappa shape index (κ2) is 8.57. The van der Waals surface area contributed by atoms with Crippen molar-refractivity contribution in [3.05, 3.63) is 17.8 Å². The number of rotatable bonds is 4. The van der Waals surface area contributed by atoms with Crippen LogP contribution in [0.5, 0.6) is 0 Å². The van der Waals surface area contributed by atoms with Crippen LogP contribution < -0.4 is 4.90 Å². The molecule has 0 aromatic carbocycles. The molecule has 1 saturated carbocycles. The van der Waals surface area contributed by atoms with E-state index in [-0.39, 0.29) is 23.0 Å². The van der Waals surface area contributed by atoms with E-state index in [1.165, 1.54) is 12.8 Å². The van der Waals surface area contributed by atoms with Crippen LogP contribution in [0.1, 0.15) is 74.1 Å². The van der Waals surface area contributed by atoms with Gasteiger partial charge < -0.3 is 19.1 Å².